The Labute approximate surface area is 70.4 Å². The summed E-state index contributed by atoms with van der Waals surface area (Å²) in [6, 6.07) is 0. The molecule has 4 unspecified atom stereocenters. The van der Waals surface area contributed by atoms with Crippen molar-refractivity contribution in [1.29, 1.82) is 0 Å². The van der Waals surface area contributed by atoms with E-state index in [0.29, 0.717) is 0 Å². The van der Waals surface area contributed by atoms with Crippen molar-refractivity contribution in [2.45, 2.75) is 40.0 Å². The van der Waals surface area contributed by atoms with E-state index in [-0.39, 0.29) is 0 Å². The van der Waals surface area contributed by atoms with Crippen LogP contribution >= 0.6 is 0 Å². The van der Waals surface area contributed by atoms with E-state index in [2.05, 4.69) is 20.8 Å². The van der Waals surface area contributed by atoms with E-state index in [1.54, 1.807) is 6.42 Å². The van der Waals surface area contributed by atoms with Crippen LogP contribution in [0, 0.1) is 29.6 Å². The van der Waals surface area contributed by atoms with Crippen molar-refractivity contribution in [2.75, 3.05) is 0 Å². The lowest BCUT2D eigenvalue weighted by atomic mass is 9.50. The minimum absolute atomic E-state index is 0.946. The molecule has 0 heterocycles. The van der Waals surface area contributed by atoms with Gasteiger partial charge in [0, 0.05) is 0 Å². The zero-order chi connectivity index (χ0) is 8.01. The first-order valence-corrected chi connectivity index (χ1v) is 5.20. The van der Waals surface area contributed by atoms with Gasteiger partial charge < -0.3 is 0 Å². The Balaban J connectivity index is 2.04. The van der Waals surface area contributed by atoms with Gasteiger partial charge in [0.2, 0.25) is 0 Å². The summed E-state index contributed by atoms with van der Waals surface area (Å²) in [5.74, 6) is 5.30. The molecule has 0 radical (unpaired) electrons. The molecule has 3 rings (SSSR count). The SMILES string of the molecule is CC(C)C1C2CCC(C)C1C2. The van der Waals surface area contributed by atoms with Gasteiger partial charge in [-0.1, -0.05) is 27.2 Å². The maximum Gasteiger partial charge on any atom is -0.0332 e. The molecule has 2 bridgehead atoms. The second-order valence-corrected chi connectivity index (χ2v) is 5.04. The highest BCUT2D eigenvalue weighted by Gasteiger charge is 2.47. The van der Waals surface area contributed by atoms with E-state index in [4.69, 9.17) is 0 Å². The van der Waals surface area contributed by atoms with Gasteiger partial charge in [-0.05, 0) is 42.4 Å². The van der Waals surface area contributed by atoms with Gasteiger partial charge in [0.05, 0.1) is 0 Å². The van der Waals surface area contributed by atoms with Crippen molar-refractivity contribution in [1.82, 2.24) is 0 Å². The second kappa shape index (κ2) is 2.50. The topological polar surface area (TPSA) is 0 Å². The number of hydrogen-bond donors (Lipinski definition) is 0. The summed E-state index contributed by atoms with van der Waals surface area (Å²) >= 11 is 0. The minimum atomic E-state index is 0.946. The average Bonchev–Trinajstić information content (AvgIpc) is 1.84. The van der Waals surface area contributed by atoms with Gasteiger partial charge in [0.25, 0.3) is 0 Å². The van der Waals surface area contributed by atoms with Gasteiger partial charge in [-0.25, -0.2) is 0 Å². The third-order valence-corrected chi connectivity index (χ3v) is 4.11. The highest BCUT2D eigenvalue weighted by atomic mass is 14.5. The van der Waals surface area contributed by atoms with E-state index in [1.807, 2.05) is 0 Å². The Hall–Kier alpha value is 0. The number of hydrogen-bond acceptors (Lipinski definition) is 0. The second-order valence-electron chi connectivity index (χ2n) is 5.04. The van der Waals surface area contributed by atoms with Crippen molar-refractivity contribution in [2.24, 2.45) is 29.6 Å². The Morgan fingerprint density at radius 1 is 1.18 bits per heavy atom. The minimum Gasteiger partial charge on any atom is -0.0625 e. The van der Waals surface area contributed by atoms with Crippen LogP contribution in [-0.2, 0) is 0 Å². The molecule has 0 saturated heterocycles. The first-order chi connectivity index (χ1) is 5.20. The van der Waals surface area contributed by atoms with E-state index < -0.39 is 0 Å². The summed E-state index contributed by atoms with van der Waals surface area (Å²) in [5, 5.41) is 0. The summed E-state index contributed by atoms with van der Waals surface area (Å²) in [6.07, 6.45) is 4.60. The molecule has 0 spiro atoms. The fourth-order valence-electron chi connectivity index (χ4n) is 3.47. The number of fused-ring (bicyclic) bond motifs is 2. The van der Waals surface area contributed by atoms with Crippen LogP contribution in [0.25, 0.3) is 0 Å². The van der Waals surface area contributed by atoms with Crippen molar-refractivity contribution in [3.05, 3.63) is 0 Å². The Morgan fingerprint density at radius 2 is 1.91 bits per heavy atom. The molecular formula is C11H20. The van der Waals surface area contributed by atoms with Gasteiger partial charge in [-0.2, -0.15) is 0 Å². The van der Waals surface area contributed by atoms with E-state index in [9.17, 15) is 0 Å². The maximum absolute atomic E-state index is 2.45. The van der Waals surface area contributed by atoms with Crippen LogP contribution in [0.2, 0.25) is 0 Å². The van der Waals surface area contributed by atoms with Crippen molar-refractivity contribution in [3.8, 4) is 0 Å². The molecule has 0 amide bonds. The first kappa shape index (κ1) is 7.64. The normalized spacial score (nSPS) is 49.1. The van der Waals surface area contributed by atoms with Crippen LogP contribution in [0.4, 0.5) is 0 Å². The molecule has 64 valence electrons. The summed E-state index contributed by atoms with van der Waals surface area (Å²) in [4.78, 5) is 0. The van der Waals surface area contributed by atoms with Gasteiger partial charge in [-0.3, -0.25) is 0 Å². The van der Waals surface area contributed by atoms with E-state index in [1.165, 1.54) is 12.8 Å². The molecule has 3 saturated carbocycles. The lowest BCUT2D eigenvalue weighted by molar-refractivity contribution is -0.0550. The van der Waals surface area contributed by atoms with Crippen LogP contribution in [0.5, 0.6) is 0 Å². The molecule has 0 aromatic heterocycles. The molecule has 3 aliphatic carbocycles. The Morgan fingerprint density at radius 3 is 2.27 bits per heavy atom. The van der Waals surface area contributed by atoms with Gasteiger partial charge in [0.1, 0.15) is 0 Å². The highest BCUT2D eigenvalue weighted by molar-refractivity contribution is 4.97. The molecule has 4 atom stereocenters. The van der Waals surface area contributed by atoms with Crippen LogP contribution in [0.1, 0.15) is 40.0 Å². The predicted octanol–water partition coefficient (Wildman–Crippen LogP) is 3.32. The summed E-state index contributed by atoms with van der Waals surface area (Å²) in [5.41, 5.74) is 0. The molecule has 0 aliphatic heterocycles. The lowest BCUT2D eigenvalue weighted by Crippen LogP contribution is -2.47. The average molecular weight is 152 g/mol. The van der Waals surface area contributed by atoms with E-state index >= 15 is 0 Å². The zero-order valence-corrected chi connectivity index (χ0v) is 8.01. The molecule has 0 heteroatoms. The Kier molecular flexibility index (Phi) is 1.74. The summed E-state index contributed by atoms with van der Waals surface area (Å²) in [6.45, 7) is 7.26. The molecule has 0 N–H and O–H groups in total. The van der Waals surface area contributed by atoms with Crippen LogP contribution in [-0.4, -0.2) is 0 Å². The predicted molar refractivity (Wildman–Crippen MR) is 48.3 cm³/mol. The fraction of sp³-hybridized carbons (Fsp3) is 1.00. The molecule has 0 aromatic carbocycles. The van der Waals surface area contributed by atoms with Crippen LogP contribution in [0.15, 0.2) is 0 Å². The Bertz CT molecular complexity index is 146. The third-order valence-electron chi connectivity index (χ3n) is 4.11. The molecule has 3 fully saturated rings. The molecule has 3 aliphatic rings. The van der Waals surface area contributed by atoms with Crippen LogP contribution in [0.3, 0.4) is 0 Å². The highest BCUT2D eigenvalue weighted by Crippen LogP contribution is 2.55. The summed E-state index contributed by atoms with van der Waals surface area (Å²) < 4.78 is 0. The largest absolute Gasteiger partial charge is 0.0625 e. The van der Waals surface area contributed by atoms with Crippen molar-refractivity contribution < 1.29 is 0 Å². The molecule has 0 aromatic rings. The smallest absolute Gasteiger partial charge is 0.0332 e. The maximum atomic E-state index is 2.45. The van der Waals surface area contributed by atoms with Crippen LogP contribution < -0.4 is 0 Å². The zero-order valence-electron chi connectivity index (χ0n) is 8.01. The molecule has 0 nitrogen and oxygen atoms in total. The van der Waals surface area contributed by atoms with Gasteiger partial charge >= 0.3 is 0 Å². The number of rotatable bonds is 1. The monoisotopic (exact) mass is 152 g/mol. The quantitative estimate of drug-likeness (QED) is 0.540. The van der Waals surface area contributed by atoms with Gasteiger partial charge in [-0.15, -0.1) is 0 Å². The fourth-order valence-corrected chi connectivity index (χ4v) is 3.47. The van der Waals surface area contributed by atoms with Crippen molar-refractivity contribution >= 4 is 0 Å². The third kappa shape index (κ3) is 1.02. The summed E-state index contributed by atoms with van der Waals surface area (Å²) in [7, 11) is 0. The molecule has 11 heavy (non-hydrogen) atoms. The van der Waals surface area contributed by atoms with E-state index in [0.717, 1.165) is 29.6 Å². The van der Waals surface area contributed by atoms with Gasteiger partial charge in [0.15, 0.2) is 0 Å². The standard InChI is InChI=1S/C11H20/c1-7(2)11-9-5-4-8(3)10(11)6-9/h7-11H,4-6H2,1-3H3. The lowest BCUT2D eigenvalue weighted by Gasteiger charge is -2.55. The van der Waals surface area contributed by atoms with Crippen molar-refractivity contribution in [3.63, 3.8) is 0 Å². The first-order valence-electron chi connectivity index (χ1n) is 5.20. The molecular weight excluding hydrogens is 132 g/mol.